The first-order valence-electron chi connectivity index (χ1n) is 23.0. The number of carbonyl (C=O) groups excluding carboxylic acids is 1. The average molecular weight is 856 g/mol. The second kappa shape index (κ2) is 20.6. The molecule has 7 atom stereocenters. The summed E-state index contributed by atoms with van der Waals surface area (Å²) in [6.45, 7) is 2.81. The average Bonchev–Trinajstić information content (AvgIpc) is 3.76. The van der Waals surface area contributed by atoms with Crippen LogP contribution in [0.15, 0.2) is 103 Å². The lowest BCUT2D eigenvalue weighted by atomic mass is 9.53. The van der Waals surface area contributed by atoms with Crippen molar-refractivity contribution in [3.05, 3.63) is 136 Å². The Hall–Kier alpha value is -3.85. The highest BCUT2D eigenvalue weighted by Gasteiger charge is 2.49. The van der Waals surface area contributed by atoms with Gasteiger partial charge in [-0.15, -0.1) is 0 Å². The number of hydrogen-bond acceptors (Lipinski definition) is 5. The number of benzene rings is 4. The number of carbonyl (C=O) groups is 1. The van der Waals surface area contributed by atoms with Gasteiger partial charge in [0.05, 0.1) is 23.6 Å². The van der Waals surface area contributed by atoms with Crippen LogP contribution in [0.3, 0.4) is 0 Å². The Bertz CT molecular complexity index is 1970. The third-order valence-corrected chi connectivity index (χ3v) is 15.2. The zero-order chi connectivity index (χ0) is 42.2. The van der Waals surface area contributed by atoms with Crippen molar-refractivity contribution >= 4 is 17.6 Å². The molecule has 4 aliphatic carbocycles. The Labute approximate surface area is 365 Å². The fourth-order valence-corrected chi connectivity index (χ4v) is 12.3. The number of halogens is 4. The van der Waals surface area contributed by atoms with Crippen LogP contribution < -0.4 is 10.1 Å². The molecule has 0 aliphatic heterocycles. The standard InChI is InChI=1S/C52H62ClF3N2O3/c53-51-41(17-9-20-49(51)52(54,55)56)34-58(35-48(37-12-3-1-4-13-37)38-14-5-2-6-15-38)28-10-29-60-43-18-7-11-36(31-43)32-50(59)61-30-27-57-42-23-26-45-40(33-42)22-25-46-44-19-8-16-39(44)21-24-47(45)46/h1-7,9,11-15,17-18,20,31,39-40,42,44-48,57H,8,10,16,19,21-30,32-35H2. The molecule has 326 valence electrons. The van der Waals surface area contributed by atoms with E-state index in [1.54, 1.807) is 6.07 Å². The van der Waals surface area contributed by atoms with Gasteiger partial charge in [0.2, 0.25) is 0 Å². The summed E-state index contributed by atoms with van der Waals surface area (Å²) in [6.07, 6.45) is 10.4. The molecule has 8 rings (SSSR count). The van der Waals surface area contributed by atoms with Crippen molar-refractivity contribution in [2.45, 2.75) is 102 Å². The van der Waals surface area contributed by atoms with Crippen LogP contribution in [0.4, 0.5) is 13.2 Å². The minimum atomic E-state index is -4.54. The minimum Gasteiger partial charge on any atom is -0.494 e. The Kier molecular flexibility index (Phi) is 14.8. The van der Waals surface area contributed by atoms with Crippen molar-refractivity contribution in [1.29, 1.82) is 0 Å². The number of nitrogens with one attached hydrogen (secondary N) is 1. The van der Waals surface area contributed by atoms with Crippen molar-refractivity contribution < 1.29 is 27.4 Å². The van der Waals surface area contributed by atoms with Crippen molar-refractivity contribution in [2.75, 3.05) is 32.8 Å². The lowest BCUT2D eigenvalue weighted by molar-refractivity contribution is -0.142. The number of hydrogen-bond donors (Lipinski definition) is 1. The summed E-state index contributed by atoms with van der Waals surface area (Å²) in [4.78, 5) is 15.0. The summed E-state index contributed by atoms with van der Waals surface area (Å²) in [5.74, 6) is 6.23. The van der Waals surface area contributed by atoms with Gasteiger partial charge in [-0.05, 0) is 134 Å². The Morgan fingerprint density at radius 3 is 2.18 bits per heavy atom. The maximum absolute atomic E-state index is 13.8. The molecule has 9 heteroatoms. The van der Waals surface area contributed by atoms with Crippen LogP contribution in [0.1, 0.15) is 104 Å². The van der Waals surface area contributed by atoms with Gasteiger partial charge in [0.15, 0.2) is 0 Å². The summed E-state index contributed by atoms with van der Waals surface area (Å²) in [7, 11) is 0. The SMILES string of the molecule is O=C(Cc1cccc(OCCCN(Cc2cccc(C(F)(F)F)c2Cl)CC(c2ccccc2)c2ccccc2)c1)OCCNC1CCC2C(CCC3C4CCCC4CCC23)C1. The largest absolute Gasteiger partial charge is 0.494 e. The Morgan fingerprint density at radius 1 is 0.754 bits per heavy atom. The van der Waals surface area contributed by atoms with Crippen molar-refractivity contribution in [3.63, 3.8) is 0 Å². The van der Waals surface area contributed by atoms with Gasteiger partial charge < -0.3 is 14.8 Å². The van der Waals surface area contributed by atoms with Gasteiger partial charge in [-0.2, -0.15) is 13.2 Å². The second-order valence-corrected chi connectivity index (χ2v) is 18.7. The highest BCUT2D eigenvalue weighted by molar-refractivity contribution is 6.32. The van der Waals surface area contributed by atoms with Crippen molar-refractivity contribution in [1.82, 2.24) is 10.2 Å². The monoisotopic (exact) mass is 854 g/mol. The fourth-order valence-electron chi connectivity index (χ4n) is 12.0. The van der Waals surface area contributed by atoms with Crippen molar-refractivity contribution in [2.24, 2.45) is 35.5 Å². The van der Waals surface area contributed by atoms with Crippen LogP contribution in [-0.2, 0) is 28.7 Å². The van der Waals surface area contributed by atoms with Gasteiger partial charge in [0.1, 0.15) is 12.4 Å². The van der Waals surface area contributed by atoms with Crippen LogP contribution in [0.25, 0.3) is 0 Å². The second-order valence-electron chi connectivity index (χ2n) is 18.4. The summed E-state index contributed by atoms with van der Waals surface area (Å²) < 4.78 is 53.3. The molecular formula is C52H62ClF3N2O3. The maximum Gasteiger partial charge on any atom is 0.417 e. The minimum absolute atomic E-state index is 0.0131. The molecule has 0 heterocycles. The van der Waals surface area contributed by atoms with Gasteiger partial charge in [-0.1, -0.05) is 109 Å². The molecule has 7 unspecified atom stereocenters. The number of ether oxygens (including phenoxy) is 2. The summed E-state index contributed by atoms with van der Waals surface area (Å²) in [6, 6.07) is 32.5. The molecule has 5 nitrogen and oxygen atoms in total. The topological polar surface area (TPSA) is 50.8 Å². The van der Waals surface area contributed by atoms with Crippen LogP contribution in [0, 0.1) is 35.5 Å². The highest BCUT2D eigenvalue weighted by Crippen LogP contribution is 2.57. The lowest BCUT2D eigenvalue weighted by Crippen LogP contribution is -2.47. The number of esters is 1. The Morgan fingerprint density at radius 2 is 1.44 bits per heavy atom. The number of rotatable bonds is 17. The van der Waals surface area contributed by atoms with E-state index in [4.69, 9.17) is 21.1 Å². The molecule has 4 aromatic carbocycles. The van der Waals surface area contributed by atoms with Crippen LogP contribution in [-0.4, -0.2) is 49.8 Å². The number of fused-ring (bicyclic) bond motifs is 5. The molecule has 0 radical (unpaired) electrons. The fraction of sp³-hybridized carbons (Fsp3) is 0.519. The third-order valence-electron chi connectivity index (χ3n) is 14.7. The summed E-state index contributed by atoms with van der Waals surface area (Å²) in [5.41, 5.74) is 2.67. The van der Waals surface area contributed by atoms with Gasteiger partial charge in [-0.25, -0.2) is 0 Å². The van der Waals surface area contributed by atoms with Gasteiger partial charge in [0.25, 0.3) is 0 Å². The number of nitrogens with zero attached hydrogens (tertiary/aromatic N) is 1. The molecule has 0 aromatic heterocycles. The number of alkyl halides is 3. The molecule has 1 N–H and O–H groups in total. The highest BCUT2D eigenvalue weighted by atomic mass is 35.5. The van der Waals surface area contributed by atoms with E-state index in [2.05, 4.69) is 34.5 Å². The van der Waals surface area contributed by atoms with E-state index in [1.165, 1.54) is 70.3 Å². The normalized spacial score (nSPS) is 24.9. The van der Waals surface area contributed by atoms with E-state index in [9.17, 15) is 18.0 Å². The quantitative estimate of drug-likeness (QED) is 0.0847. The van der Waals surface area contributed by atoms with E-state index in [0.717, 1.165) is 58.3 Å². The predicted molar refractivity (Wildman–Crippen MR) is 237 cm³/mol. The van der Waals surface area contributed by atoms with Gasteiger partial charge in [0, 0.05) is 38.1 Å². The van der Waals surface area contributed by atoms with E-state index in [0.29, 0.717) is 56.6 Å². The molecule has 0 spiro atoms. The molecule has 61 heavy (non-hydrogen) atoms. The first-order chi connectivity index (χ1) is 29.7. The van der Waals surface area contributed by atoms with Crippen molar-refractivity contribution in [3.8, 4) is 5.75 Å². The lowest BCUT2D eigenvalue weighted by Gasteiger charge is -2.53. The molecule has 0 saturated heterocycles. The van der Waals surface area contributed by atoms with E-state index < -0.39 is 11.7 Å². The smallest absolute Gasteiger partial charge is 0.417 e. The summed E-state index contributed by atoms with van der Waals surface area (Å²) >= 11 is 6.41. The van der Waals surface area contributed by atoms with Crippen LogP contribution in [0.2, 0.25) is 5.02 Å². The summed E-state index contributed by atoms with van der Waals surface area (Å²) in [5, 5.41) is 3.46. The van der Waals surface area contributed by atoms with E-state index in [1.807, 2.05) is 60.7 Å². The van der Waals surface area contributed by atoms with E-state index in [-0.39, 0.29) is 29.9 Å². The van der Waals surface area contributed by atoms with Gasteiger partial charge >= 0.3 is 12.1 Å². The van der Waals surface area contributed by atoms with Gasteiger partial charge in [-0.3, -0.25) is 9.69 Å². The molecule has 4 aliphatic rings. The molecule has 0 amide bonds. The predicted octanol–water partition coefficient (Wildman–Crippen LogP) is 12.2. The molecule has 4 saturated carbocycles. The van der Waals surface area contributed by atoms with Crippen LogP contribution >= 0.6 is 11.6 Å². The molecule has 4 aromatic rings. The zero-order valence-corrected chi connectivity index (χ0v) is 36.1. The third kappa shape index (κ3) is 11.2. The van der Waals surface area contributed by atoms with Crippen LogP contribution in [0.5, 0.6) is 5.75 Å². The maximum atomic E-state index is 13.8. The molecule has 4 fully saturated rings. The van der Waals surface area contributed by atoms with E-state index >= 15 is 0 Å². The molecule has 0 bridgehead atoms. The first kappa shape index (κ1) is 43.8. The first-order valence-corrected chi connectivity index (χ1v) is 23.3. The molecular weight excluding hydrogens is 793 g/mol. The Balaban J connectivity index is 0.803. The zero-order valence-electron chi connectivity index (χ0n) is 35.3.